The van der Waals surface area contributed by atoms with Crippen molar-refractivity contribution in [2.24, 2.45) is 0 Å². The summed E-state index contributed by atoms with van der Waals surface area (Å²) in [5.41, 5.74) is 5.15. The number of rotatable bonds is 1. The minimum Gasteiger partial charge on any atom is -0.375 e. The fourth-order valence-electron chi connectivity index (χ4n) is 1.92. The van der Waals surface area contributed by atoms with E-state index in [1.165, 1.54) is 11.1 Å². The normalized spacial score (nSPS) is 15.5. The van der Waals surface area contributed by atoms with Gasteiger partial charge in [0, 0.05) is 5.69 Å². The maximum Gasteiger partial charge on any atom is 0.0891 e. The fourth-order valence-corrected chi connectivity index (χ4v) is 1.92. The number of hydrogen-bond donors (Lipinski definition) is 0. The zero-order valence-corrected chi connectivity index (χ0v) is 8.26. The van der Waals surface area contributed by atoms with Gasteiger partial charge in [-0.1, -0.05) is 6.92 Å². The number of nitrogens with zero attached hydrogens (tertiary/aromatic N) is 1. The Morgan fingerprint density at radius 3 is 3.15 bits per heavy atom. The molecule has 0 saturated carbocycles. The first kappa shape index (κ1) is 8.70. The zero-order chi connectivity index (χ0) is 9.26. The molecule has 13 heavy (non-hydrogen) atoms. The second kappa shape index (κ2) is 3.46. The average molecular weight is 177 g/mol. The molecule has 0 saturated heterocycles. The summed E-state index contributed by atoms with van der Waals surface area (Å²) in [5, 5.41) is 0. The highest BCUT2D eigenvalue weighted by Gasteiger charge is 2.14. The number of fused-ring (bicyclic) bond motifs is 1. The Morgan fingerprint density at radius 1 is 1.54 bits per heavy atom. The number of aromatic nitrogens is 1. The van der Waals surface area contributed by atoms with Crippen LogP contribution in [0.2, 0.25) is 0 Å². The third-order valence-electron chi connectivity index (χ3n) is 2.55. The van der Waals surface area contributed by atoms with Crippen LogP contribution in [-0.2, 0) is 24.2 Å². The molecule has 70 valence electrons. The molecule has 2 rings (SSSR count). The number of hydrogen-bond acceptors (Lipinski definition) is 2. The summed E-state index contributed by atoms with van der Waals surface area (Å²) in [6.07, 6.45) is 2.14. The molecule has 0 amide bonds. The lowest BCUT2D eigenvalue weighted by molar-refractivity contribution is 0.107. The number of pyridine rings is 1. The van der Waals surface area contributed by atoms with Crippen LogP contribution in [0.3, 0.4) is 0 Å². The Labute approximate surface area is 78.9 Å². The summed E-state index contributed by atoms with van der Waals surface area (Å²) in [4.78, 5) is 4.50. The van der Waals surface area contributed by atoms with Crippen molar-refractivity contribution in [1.29, 1.82) is 0 Å². The van der Waals surface area contributed by atoms with Gasteiger partial charge in [0.1, 0.15) is 0 Å². The Balaban J connectivity index is 2.50. The minimum absolute atomic E-state index is 0.698. The molecule has 1 aromatic heterocycles. The molecular formula is C11H15NO. The molecule has 1 aromatic rings. The molecule has 0 N–H and O–H groups in total. The topological polar surface area (TPSA) is 22.1 Å². The van der Waals surface area contributed by atoms with Crippen molar-refractivity contribution in [2.75, 3.05) is 6.61 Å². The van der Waals surface area contributed by atoms with Crippen molar-refractivity contribution in [3.05, 3.63) is 28.6 Å². The zero-order valence-electron chi connectivity index (χ0n) is 8.26. The smallest absolute Gasteiger partial charge is 0.0891 e. The largest absolute Gasteiger partial charge is 0.375 e. The number of ether oxygens (including phenoxy) is 1. The van der Waals surface area contributed by atoms with E-state index in [1.54, 1.807) is 0 Å². The molecule has 0 aromatic carbocycles. The molecule has 0 fully saturated rings. The lowest BCUT2D eigenvalue weighted by Gasteiger charge is -2.19. The van der Waals surface area contributed by atoms with Crippen molar-refractivity contribution < 1.29 is 4.74 Å². The van der Waals surface area contributed by atoms with Gasteiger partial charge in [-0.25, -0.2) is 0 Å². The fraction of sp³-hybridized carbons (Fsp3) is 0.545. The molecule has 2 heteroatoms. The summed E-state index contributed by atoms with van der Waals surface area (Å²) in [5.74, 6) is 0. The quantitative estimate of drug-likeness (QED) is 0.654. The van der Waals surface area contributed by atoms with E-state index in [9.17, 15) is 0 Å². The maximum atomic E-state index is 5.39. The molecule has 2 heterocycles. The van der Waals surface area contributed by atoms with Gasteiger partial charge in [-0.2, -0.15) is 0 Å². The van der Waals surface area contributed by atoms with Crippen molar-refractivity contribution in [3.8, 4) is 0 Å². The summed E-state index contributed by atoms with van der Waals surface area (Å²) >= 11 is 0. The van der Waals surface area contributed by atoms with Gasteiger partial charge in [-0.3, -0.25) is 4.98 Å². The predicted molar refractivity (Wildman–Crippen MR) is 51.7 cm³/mol. The first-order chi connectivity index (χ1) is 6.31. The molecule has 2 nitrogen and oxygen atoms in total. The van der Waals surface area contributed by atoms with Crippen LogP contribution in [0.5, 0.6) is 0 Å². The van der Waals surface area contributed by atoms with Gasteiger partial charge in [0.05, 0.1) is 18.9 Å². The lowest BCUT2D eigenvalue weighted by atomic mass is 9.99. The van der Waals surface area contributed by atoms with Gasteiger partial charge in [0.25, 0.3) is 0 Å². The maximum absolute atomic E-state index is 5.39. The van der Waals surface area contributed by atoms with E-state index in [0.29, 0.717) is 6.61 Å². The van der Waals surface area contributed by atoms with Gasteiger partial charge < -0.3 is 4.74 Å². The molecule has 0 radical (unpaired) electrons. The van der Waals surface area contributed by atoms with Crippen LogP contribution in [0.4, 0.5) is 0 Å². The van der Waals surface area contributed by atoms with Crippen LogP contribution in [0.25, 0.3) is 0 Å². The van der Waals surface area contributed by atoms with Crippen LogP contribution in [-0.4, -0.2) is 11.6 Å². The van der Waals surface area contributed by atoms with Gasteiger partial charge >= 0.3 is 0 Å². The van der Waals surface area contributed by atoms with Gasteiger partial charge in [-0.05, 0) is 37.0 Å². The van der Waals surface area contributed by atoms with E-state index in [2.05, 4.69) is 18.0 Å². The van der Waals surface area contributed by atoms with Gasteiger partial charge in [0.15, 0.2) is 0 Å². The first-order valence-electron chi connectivity index (χ1n) is 4.87. The summed E-state index contributed by atoms with van der Waals surface area (Å²) < 4.78 is 5.39. The van der Waals surface area contributed by atoms with Crippen LogP contribution >= 0.6 is 0 Å². The Hall–Kier alpha value is -0.890. The predicted octanol–water partition coefficient (Wildman–Crippen LogP) is 2.03. The average Bonchev–Trinajstić information content (AvgIpc) is 2.16. The first-order valence-corrected chi connectivity index (χ1v) is 4.87. The SMILES string of the molecule is CCc1cc(C)nc2c1CCOC2. The molecule has 0 bridgehead atoms. The highest BCUT2D eigenvalue weighted by molar-refractivity contribution is 5.33. The van der Waals surface area contributed by atoms with Crippen LogP contribution in [0.1, 0.15) is 29.4 Å². The second-order valence-corrected chi connectivity index (χ2v) is 3.50. The van der Waals surface area contributed by atoms with E-state index >= 15 is 0 Å². The molecule has 1 aliphatic rings. The van der Waals surface area contributed by atoms with E-state index in [4.69, 9.17) is 4.74 Å². The standard InChI is InChI=1S/C11H15NO/c1-3-9-6-8(2)12-11-7-13-5-4-10(9)11/h6H,3-5,7H2,1-2H3. The van der Waals surface area contributed by atoms with Crippen LogP contribution < -0.4 is 0 Å². The third kappa shape index (κ3) is 1.59. The van der Waals surface area contributed by atoms with E-state index in [-0.39, 0.29) is 0 Å². The highest BCUT2D eigenvalue weighted by Crippen LogP contribution is 2.20. The van der Waals surface area contributed by atoms with Crippen molar-refractivity contribution in [1.82, 2.24) is 4.98 Å². The van der Waals surface area contributed by atoms with Gasteiger partial charge in [0.2, 0.25) is 0 Å². The highest BCUT2D eigenvalue weighted by atomic mass is 16.5. The monoisotopic (exact) mass is 177 g/mol. The third-order valence-corrected chi connectivity index (χ3v) is 2.55. The summed E-state index contributed by atoms with van der Waals surface area (Å²) in [6.45, 7) is 5.80. The van der Waals surface area contributed by atoms with E-state index in [0.717, 1.165) is 30.8 Å². The van der Waals surface area contributed by atoms with Crippen LogP contribution in [0, 0.1) is 6.92 Å². The lowest BCUT2D eigenvalue weighted by Crippen LogP contribution is -2.14. The van der Waals surface area contributed by atoms with Crippen molar-refractivity contribution in [3.63, 3.8) is 0 Å². The molecular weight excluding hydrogens is 162 g/mol. The molecule has 0 aliphatic carbocycles. The van der Waals surface area contributed by atoms with E-state index < -0.39 is 0 Å². The minimum atomic E-state index is 0.698. The van der Waals surface area contributed by atoms with Crippen molar-refractivity contribution >= 4 is 0 Å². The summed E-state index contributed by atoms with van der Waals surface area (Å²) in [7, 11) is 0. The van der Waals surface area contributed by atoms with Gasteiger partial charge in [-0.15, -0.1) is 0 Å². The second-order valence-electron chi connectivity index (χ2n) is 3.50. The Kier molecular flexibility index (Phi) is 2.32. The molecule has 1 aliphatic heterocycles. The molecule has 0 spiro atoms. The summed E-state index contributed by atoms with van der Waals surface area (Å²) in [6, 6.07) is 2.20. The van der Waals surface area contributed by atoms with E-state index in [1.807, 2.05) is 6.92 Å². The molecule has 0 atom stereocenters. The molecule has 0 unspecified atom stereocenters. The Morgan fingerprint density at radius 2 is 2.38 bits per heavy atom. The van der Waals surface area contributed by atoms with Crippen LogP contribution in [0.15, 0.2) is 6.07 Å². The number of aryl methyl sites for hydroxylation is 2. The Bertz CT molecular complexity index is 303. The van der Waals surface area contributed by atoms with Crippen molar-refractivity contribution in [2.45, 2.75) is 33.3 Å².